The molecule has 35 heavy (non-hydrogen) atoms. The number of rotatable bonds is 11. The molecule has 0 N–H and O–H groups in total. The van der Waals surface area contributed by atoms with Gasteiger partial charge in [-0.15, -0.1) is 0 Å². The highest BCUT2D eigenvalue weighted by Gasteiger charge is 2.43. The number of benzene rings is 2. The van der Waals surface area contributed by atoms with E-state index in [-0.39, 0.29) is 5.75 Å². The van der Waals surface area contributed by atoms with E-state index in [0.717, 1.165) is 32.1 Å². The minimum absolute atomic E-state index is 0.303. The molecule has 1 aliphatic rings. The highest BCUT2D eigenvalue weighted by molar-refractivity contribution is 5.39. The molecule has 2 aromatic carbocycles. The molecule has 0 saturated heterocycles. The standard InChI is InChI=1S/C30H36F4O/c1-2-3-4-5-6-7-8-23-11-17-26(18-12-23)27-19-13-24(14-20-27)9-10-25-15-21-28(22-16-25)35-30(33,34)29(31)32/h11-12,15-18,21-22,24,27,29H,2-8,13-14,19-20H2,1H3/t24-,27-. The zero-order valence-corrected chi connectivity index (χ0v) is 20.5. The molecule has 0 unspecified atom stereocenters. The Bertz CT molecular complexity index is 933. The third kappa shape index (κ3) is 8.91. The summed E-state index contributed by atoms with van der Waals surface area (Å²) >= 11 is 0. The smallest absolute Gasteiger partial charge is 0.428 e. The molecule has 1 fully saturated rings. The molecular weight excluding hydrogens is 452 g/mol. The Morgan fingerprint density at radius 3 is 2.11 bits per heavy atom. The lowest BCUT2D eigenvalue weighted by atomic mass is 9.78. The van der Waals surface area contributed by atoms with Crippen LogP contribution in [0.4, 0.5) is 17.6 Å². The van der Waals surface area contributed by atoms with Crippen molar-refractivity contribution in [3.8, 4) is 17.6 Å². The molecule has 0 amide bonds. The van der Waals surface area contributed by atoms with E-state index in [0.29, 0.717) is 17.4 Å². The molecular formula is C30H36F4O. The van der Waals surface area contributed by atoms with Gasteiger partial charge in [0.2, 0.25) is 0 Å². The van der Waals surface area contributed by atoms with E-state index in [4.69, 9.17) is 0 Å². The van der Waals surface area contributed by atoms with Gasteiger partial charge >= 0.3 is 12.5 Å². The fourth-order valence-electron chi connectivity index (χ4n) is 4.63. The van der Waals surface area contributed by atoms with Crippen molar-refractivity contribution >= 4 is 0 Å². The van der Waals surface area contributed by atoms with E-state index < -0.39 is 12.5 Å². The number of alkyl halides is 4. The summed E-state index contributed by atoms with van der Waals surface area (Å²) in [7, 11) is 0. The highest BCUT2D eigenvalue weighted by atomic mass is 19.3. The first-order valence-corrected chi connectivity index (χ1v) is 12.9. The van der Waals surface area contributed by atoms with E-state index in [2.05, 4.69) is 47.8 Å². The van der Waals surface area contributed by atoms with E-state index in [9.17, 15) is 17.6 Å². The van der Waals surface area contributed by atoms with Gasteiger partial charge in [-0.2, -0.15) is 17.6 Å². The van der Waals surface area contributed by atoms with E-state index >= 15 is 0 Å². The number of unbranched alkanes of at least 4 members (excludes halogenated alkanes) is 5. The Morgan fingerprint density at radius 1 is 0.857 bits per heavy atom. The summed E-state index contributed by atoms with van der Waals surface area (Å²) in [5, 5.41) is 0. The molecule has 0 atom stereocenters. The second-order valence-electron chi connectivity index (χ2n) is 9.57. The minimum atomic E-state index is -4.50. The molecule has 0 heterocycles. The SMILES string of the molecule is CCCCCCCCc1ccc([C@H]2CC[C@H](C#Cc3ccc(OC(F)(F)C(F)F)cc3)CC2)cc1. The van der Waals surface area contributed by atoms with E-state index in [1.807, 2.05) is 0 Å². The molecule has 1 aliphatic carbocycles. The summed E-state index contributed by atoms with van der Waals surface area (Å²) in [5.41, 5.74) is 3.50. The summed E-state index contributed by atoms with van der Waals surface area (Å²) in [4.78, 5) is 0. The lowest BCUT2D eigenvalue weighted by Gasteiger charge is -2.26. The number of hydrogen-bond acceptors (Lipinski definition) is 1. The maximum atomic E-state index is 13.0. The van der Waals surface area contributed by atoms with Crippen LogP contribution < -0.4 is 4.74 Å². The van der Waals surface area contributed by atoms with Gasteiger partial charge in [0.05, 0.1) is 0 Å². The molecule has 2 aromatic rings. The summed E-state index contributed by atoms with van der Waals surface area (Å²) in [6, 6.07) is 14.7. The largest absolute Gasteiger partial charge is 0.461 e. The quantitative estimate of drug-likeness (QED) is 0.174. The van der Waals surface area contributed by atoms with Gasteiger partial charge in [0, 0.05) is 11.5 Å². The molecule has 0 bridgehead atoms. The second-order valence-corrected chi connectivity index (χ2v) is 9.57. The first-order chi connectivity index (χ1) is 16.9. The predicted molar refractivity (Wildman–Crippen MR) is 133 cm³/mol. The van der Waals surface area contributed by atoms with E-state index in [1.165, 1.54) is 73.9 Å². The van der Waals surface area contributed by atoms with Crippen molar-refractivity contribution in [2.45, 2.75) is 96.0 Å². The minimum Gasteiger partial charge on any atom is -0.428 e. The van der Waals surface area contributed by atoms with Gasteiger partial charge < -0.3 is 4.74 Å². The second kappa shape index (κ2) is 13.6. The van der Waals surface area contributed by atoms with Crippen LogP contribution in [0.15, 0.2) is 48.5 Å². The maximum Gasteiger partial charge on any atom is 0.461 e. The normalized spacial score (nSPS) is 18.2. The zero-order valence-electron chi connectivity index (χ0n) is 20.5. The molecule has 0 spiro atoms. The van der Waals surface area contributed by atoms with Crippen LogP contribution in [0.1, 0.15) is 93.7 Å². The van der Waals surface area contributed by atoms with Crippen molar-refractivity contribution in [2.24, 2.45) is 5.92 Å². The molecule has 1 saturated carbocycles. The van der Waals surface area contributed by atoms with Crippen molar-refractivity contribution in [3.05, 3.63) is 65.2 Å². The van der Waals surface area contributed by atoms with Crippen LogP contribution >= 0.6 is 0 Å². The van der Waals surface area contributed by atoms with Crippen LogP contribution in [-0.2, 0) is 6.42 Å². The maximum absolute atomic E-state index is 13.0. The Morgan fingerprint density at radius 2 is 1.49 bits per heavy atom. The average molecular weight is 489 g/mol. The van der Waals surface area contributed by atoms with Gasteiger partial charge in [-0.25, -0.2) is 0 Å². The first kappa shape index (κ1) is 27.1. The lowest BCUT2D eigenvalue weighted by molar-refractivity contribution is -0.253. The van der Waals surface area contributed by atoms with Crippen LogP contribution in [0.2, 0.25) is 0 Å². The van der Waals surface area contributed by atoms with Crippen molar-refractivity contribution in [2.75, 3.05) is 0 Å². The number of hydrogen-bond donors (Lipinski definition) is 0. The molecule has 3 rings (SSSR count). The van der Waals surface area contributed by atoms with Gasteiger partial charge in [-0.3, -0.25) is 0 Å². The predicted octanol–water partition coefficient (Wildman–Crippen LogP) is 9.15. The van der Waals surface area contributed by atoms with Crippen LogP contribution in [0.25, 0.3) is 0 Å². The Balaban J connectivity index is 1.42. The fourth-order valence-corrected chi connectivity index (χ4v) is 4.63. The van der Waals surface area contributed by atoms with Crippen LogP contribution in [0.5, 0.6) is 5.75 Å². The Kier molecular flexibility index (Phi) is 10.5. The monoisotopic (exact) mass is 488 g/mol. The van der Waals surface area contributed by atoms with Crippen LogP contribution in [0, 0.1) is 17.8 Å². The van der Waals surface area contributed by atoms with Crippen molar-refractivity contribution in [3.63, 3.8) is 0 Å². The summed E-state index contributed by atoms with van der Waals surface area (Å²) < 4.78 is 54.6. The first-order valence-electron chi connectivity index (χ1n) is 12.9. The molecule has 190 valence electrons. The zero-order chi connectivity index (χ0) is 25.1. The average Bonchev–Trinajstić information content (AvgIpc) is 2.86. The van der Waals surface area contributed by atoms with Gasteiger partial charge in [0.15, 0.2) is 0 Å². The van der Waals surface area contributed by atoms with Gasteiger partial charge in [0.25, 0.3) is 0 Å². The Labute approximate surface area is 207 Å². The van der Waals surface area contributed by atoms with Gasteiger partial charge in [-0.1, -0.05) is 75.1 Å². The van der Waals surface area contributed by atoms with Crippen molar-refractivity contribution in [1.29, 1.82) is 0 Å². The van der Waals surface area contributed by atoms with Crippen molar-refractivity contribution in [1.82, 2.24) is 0 Å². The molecule has 0 aliphatic heterocycles. The summed E-state index contributed by atoms with van der Waals surface area (Å²) in [5.74, 6) is 6.94. The topological polar surface area (TPSA) is 9.23 Å². The molecule has 5 heteroatoms. The Hall–Kier alpha value is -2.48. The fraction of sp³-hybridized carbons (Fsp3) is 0.533. The molecule has 1 nitrogen and oxygen atoms in total. The molecule has 0 aromatic heterocycles. The highest BCUT2D eigenvalue weighted by Crippen LogP contribution is 2.36. The molecule has 0 radical (unpaired) electrons. The number of ether oxygens (including phenoxy) is 1. The number of aryl methyl sites for hydroxylation is 1. The number of halogens is 4. The lowest BCUT2D eigenvalue weighted by Crippen LogP contribution is -2.33. The van der Waals surface area contributed by atoms with Crippen molar-refractivity contribution < 1.29 is 22.3 Å². The van der Waals surface area contributed by atoms with Crippen LogP contribution in [0.3, 0.4) is 0 Å². The summed E-state index contributed by atoms with van der Waals surface area (Å²) in [6.07, 6.45) is 4.97. The van der Waals surface area contributed by atoms with Crippen LogP contribution in [-0.4, -0.2) is 12.5 Å². The van der Waals surface area contributed by atoms with Gasteiger partial charge in [-0.05, 0) is 79.8 Å². The third-order valence-corrected chi connectivity index (χ3v) is 6.78. The third-order valence-electron chi connectivity index (χ3n) is 6.78. The van der Waals surface area contributed by atoms with Gasteiger partial charge in [0.1, 0.15) is 5.75 Å². The van der Waals surface area contributed by atoms with E-state index in [1.54, 1.807) is 0 Å². The summed E-state index contributed by atoms with van der Waals surface area (Å²) in [6.45, 7) is 2.25.